The fourth-order valence-electron chi connectivity index (χ4n) is 2.35. The standard InChI is InChI=1S/C18H11NO5S2/c20-9-11-3-1-10(2-4-11)7-15-16(22)19(18(25)26-15)12-5-6-14(21)13(8-12)17(23)24/h1-9,21H,(H,23,24). The number of aldehydes is 1. The van der Waals surface area contributed by atoms with Gasteiger partial charge in [-0.1, -0.05) is 48.2 Å². The number of aromatic hydroxyl groups is 1. The van der Waals surface area contributed by atoms with Gasteiger partial charge in [-0.25, -0.2) is 4.79 Å². The number of benzene rings is 2. The van der Waals surface area contributed by atoms with Crippen molar-refractivity contribution in [3.63, 3.8) is 0 Å². The minimum absolute atomic E-state index is 0.257. The first kappa shape index (κ1) is 17.8. The van der Waals surface area contributed by atoms with Crippen molar-refractivity contribution in [3.8, 4) is 5.75 Å². The van der Waals surface area contributed by atoms with Crippen LogP contribution in [-0.2, 0) is 4.79 Å². The van der Waals surface area contributed by atoms with Gasteiger partial charge in [-0.15, -0.1) is 0 Å². The number of carbonyl (C=O) groups excluding carboxylic acids is 2. The molecule has 1 heterocycles. The minimum Gasteiger partial charge on any atom is -0.507 e. The number of anilines is 1. The molecule has 1 amide bonds. The first-order valence-corrected chi connectivity index (χ1v) is 8.52. The molecule has 0 aromatic heterocycles. The molecule has 3 rings (SSSR count). The first-order valence-electron chi connectivity index (χ1n) is 7.30. The topological polar surface area (TPSA) is 94.9 Å². The smallest absolute Gasteiger partial charge is 0.339 e. The Hall–Kier alpha value is -2.97. The van der Waals surface area contributed by atoms with Crippen LogP contribution in [0.15, 0.2) is 47.4 Å². The van der Waals surface area contributed by atoms with Crippen LogP contribution in [0.3, 0.4) is 0 Å². The third-order valence-corrected chi connectivity index (χ3v) is 4.93. The molecule has 0 spiro atoms. The molecule has 1 saturated heterocycles. The molecule has 0 atom stereocenters. The molecule has 8 heteroatoms. The highest BCUT2D eigenvalue weighted by atomic mass is 32.2. The number of thioether (sulfide) groups is 1. The molecule has 130 valence electrons. The number of thiocarbonyl (C=S) groups is 1. The van der Waals surface area contributed by atoms with E-state index >= 15 is 0 Å². The van der Waals surface area contributed by atoms with Crippen LogP contribution >= 0.6 is 24.0 Å². The quantitative estimate of drug-likeness (QED) is 0.474. The number of amides is 1. The van der Waals surface area contributed by atoms with Crippen LogP contribution in [-0.4, -0.2) is 32.7 Å². The molecule has 2 aromatic rings. The Morgan fingerprint density at radius 1 is 1.12 bits per heavy atom. The fourth-order valence-corrected chi connectivity index (χ4v) is 3.65. The number of carboxylic acids is 1. The summed E-state index contributed by atoms with van der Waals surface area (Å²) in [6.07, 6.45) is 2.38. The molecule has 2 aromatic carbocycles. The third-order valence-electron chi connectivity index (χ3n) is 3.63. The molecule has 0 bridgehead atoms. The maximum absolute atomic E-state index is 12.7. The lowest BCUT2D eigenvalue weighted by Crippen LogP contribution is -2.27. The van der Waals surface area contributed by atoms with E-state index in [0.717, 1.165) is 23.6 Å². The van der Waals surface area contributed by atoms with Gasteiger partial charge in [0.2, 0.25) is 0 Å². The Bertz CT molecular complexity index is 966. The molecule has 1 aliphatic heterocycles. The Kier molecular flexibility index (Phi) is 4.88. The summed E-state index contributed by atoms with van der Waals surface area (Å²) in [7, 11) is 0. The number of carbonyl (C=O) groups is 3. The molecule has 0 unspecified atom stereocenters. The molecule has 0 saturated carbocycles. The monoisotopic (exact) mass is 385 g/mol. The predicted molar refractivity (Wildman–Crippen MR) is 103 cm³/mol. The van der Waals surface area contributed by atoms with Crippen LogP contribution in [0, 0.1) is 0 Å². The van der Waals surface area contributed by atoms with Crippen LogP contribution in [0.25, 0.3) is 6.08 Å². The normalized spacial score (nSPS) is 15.5. The predicted octanol–water partition coefficient (Wildman–Crippen LogP) is 3.31. The van der Waals surface area contributed by atoms with E-state index in [0.29, 0.717) is 10.5 Å². The van der Waals surface area contributed by atoms with E-state index < -0.39 is 11.7 Å². The van der Waals surface area contributed by atoms with Crippen molar-refractivity contribution in [2.45, 2.75) is 0 Å². The van der Waals surface area contributed by atoms with Gasteiger partial charge in [-0.3, -0.25) is 14.5 Å². The lowest BCUT2D eigenvalue weighted by atomic mass is 10.1. The van der Waals surface area contributed by atoms with Crippen LogP contribution in [0.1, 0.15) is 26.3 Å². The second kappa shape index (κ2) is 7.11. The zero-order chi connectivity index (χ0) is 18.8. The molecule has 1 aliphatic rings. The fraction of sp³-hybridized carbons (Fsp3) is 0. The summed E-state index contributed by atoms with van der Waals surface area (Å²) in [6.45, 7) is 0. The molecule has 0 aliphatic carbocycles. The average Bonchev–Trinajstić information content (AvgIpc) is 2.89. The second-order valence-corrected chi connectivity index (χ2v) is 6.98. The molecule has 1 fully saturated rings. The highest BCUT2D eigenvalue weighted by molar-refractivity contribution is 8.27. The number of hydrogen-bond donors (Lipinski definition) is 2. The number of aromatic carboxylic acids is 1. The van der Waals surface area contributed by atoms with Gasteiger partial charge in [-0.05, 0) is 29.8 Å². The van der Waals surface area contributed by atoms with Crippen molar-refractivity contribution >= 4 is 58.2 Å². The van der Waals surface area contributed by atoms with Crippen LogP contribution in [0.2, 0.25) is 0 Å². The van der Waals surface area contributed by atoms with Gasteiger partial charge in [-0.2, -0.15) is 0 Å². The van der Waals surface area contributed by atoms with Crippen molar-refractivity contribution in [2.24, 2.45) is 0 Å². The average molecular weight is 385 g/mol. The highest BCUT2D eigenvalue weighted by Gasteiger charge is 2.33. The Morgan fingerprint density at radius 3 is 2.38 bits per heavy atom. The number of carboxylic acid groups (broad SMARTS) is 1. The van der Waals surface area contributed by atoms with Crippen LogP contribution < -0.4 is 4.90 Å². The number of nitrogens with zero attached hydrogens (tertiary/aromatic N) is 1. The number of phenols is 1. The number of hydrogen-bond acceptors (Lipinski definition) is 6. The van der Waals surface area contributed by atoms with Crippen molar-refractivity contribution in [1.29, 1.82) is 0 Å². The summed E-state index contributed by atoms with van der Waals surface area (Å²) in [5.74, 6) is -2.08. The molecule has 2 N–H and O–H groups in total. The van der Waals surface area contributed by atoms with Gasteiger partial charge in [0.1, 0.15) is 17.6 Å². The maximum Gasteiger partial charge on any atom is 0.339 e. The molecular weight excluding hydrogens is 374 g/mol. The Labute approximate surface area is 157 Å². The maximum atomic E-state index is 12.7. The zero-order valence-corrected chi connectivity index (χ0v) is 14.7. The van der Waals surface area contributed by atoms with E-state index in [4.69, 9.17) is 17.3 Å². The number of rotatable bonds is 4. The van der Waals surface area contributed by atoms with Gasteiger partial charge in [0.05, 0.1) is 10.6 Å². The molecule has 0 radical (unpaired) electrons. The van der Waals surface area contributed by atoms with Gasteiger partial charge in [0.25, 0.3) is 5.91 Å². The van der Waals surface area contributed by atoms with Gasteiger partial charge in [0.15, 0.2) is 4.32 Å². The highest BCUT2D eigenvalue weighted by Crippen LogP contribution is 2.37. The Balaban J connectivity index is 1.94. The van der Waals surface area contributed by atoms with Crippen LogP contribution in [0.5, 0.6) is 5.75 Å². The van der Waals surface area contributed by atoms with Gasteiger partial charge >= 0.3 is 5.97 Å². The lowest BCUT2D eigenvalue weighted by Gasteiger charge is -2.15. The minimum atomic E-state index is -1.30. The van der Waals surface area contributed by atoms with E-state index in [1.807, 2.05) is 0 Å². The van der Waals surface area contributed by atoms with Crippen molar-refractivity contribution in [2.75, 3.05) is 4.90 Å². The van der Waals surface area contributed by atoms with Crippen molar-refractivity contribution in [1.82, 2.24) is 0 Å². The van der Waals surface area contributed by atoms with E-state index in [9.17, 15) is 19.5 Å². The van der Waals surface area contributed by atoms with E-state index in [-0.39, 0.29) is 21.5 Å². The SMILES string of the molecule is O=Cc1ccc(C=C2SC(=S)N(c3ccc(O)c(C(=O)O)c3)C2=O)cc1. The summed E-state index contributed by atoms with van der Waals surface area (Å²) in [6, 6.07) is 10.5. The molecular formula is C18H11NO5S2. The first-order chi connectivity index (χ1) is 12.4. The van der Waals surface area contributed by atoms with E-state index in [1.54, 1.807) is 30.3 Å². The lowest BCUT2D eigenvalue weighted by molar-refractivity contribution is -0.113. The zero-order valence-electron chi connectivity index (χ0n) is 13.1. The van der Waals surface area contributed by atoms with Gasteiger partial charge < -0.3 is 10.2 Å². The van der Waals surface area contributed by atoms with Crippen LogP contribution in [0.4, 0.5) is 5.69 Å². The summed E-state index contributed by atoms with van der Waals surface area (Å²) in [5.41, 5.74) is 1.21. The molecule has 26 heavy (non-hydrogen) atoms. The summed E-state index contributed by atoms with van der Waals surface area (Å²) >= 11 is 6.33. The molecule has 6 nitrogen and oxygen atoms in total. The second-order valence-electron chi connectivity index (χ2n) is 5.31. The summed E-state index contributed by atoms with van der Waals surface area (Å²) in [4.78, 5) is 36.2. The summed E-state index contributed by atoms with van der Waals surface area (Å²) < 4.78 is 0.257. The summed E-state index contributed by atoms with van der Waals surface area (Å²) in [5, 5.41) is 18.7. The largest absolute Gasteiger partial charge is 0.507 e. The third kappa shape index (κ3) is 3.37. The van der Waals surface area contributed by atoms with Gasteiger partial charge in [0, 0.05) is 5.56 Å². The van der Waals surface area contributed by atoms with Crippen molar-refractivity contribution in [3.05, 3.63) is 64.1 Å². The van der Waals surface area contributed by atoms with E-state index in [1.165, 1.54) is 23.1 Å². The van der Waals surface area contributed by atoms with Crippen molar-refractivity contribution < 1.29 is 24.6 Å². The Morgan fingerprint density at radius 2 is 1.77 bits per heavy atom. The van der Waals surface area contributed by atoms with E-state index in [2.05, 4.69) is 0 Å².